The van der Waals surface area contributed by atoms with Crippen LogP contribution in [-0.2, 0) is 4.74 Å². The number of ether oxygens (including phenoxy) is 1. The highest BCUT2D eigenvalue weighted by Crippen LogP contribution is 2.62. The number of morpholine rings is 1. The van der Waals surface area contributed by atoms with Crippen LogP contribution in [-0.4, -0.2) is 49.8 Å². The zero-order valence-corrected chi connectivity index (χ0v) is 12.0. The van der Waals surface area contributed by atoms with Crippen LogP contribution in [0.2, 0.25) is 0 Å². The zero-order valence-electron chi connectivity index (χ0n) is 12.0. The molecule has 1 aliphatic heterocycles. The Hall–Kier alpha value is -0.120. The highest BCUT2D eigenvalue weighted by Gasteiger charge is 2.64. The van der Waals surface area contributed by atoms with Gasteiger partial charge in [0.2, 0.25) is 0 Å². The third-order valence-corrected chi connectivity index (χ3v) is 5.24. The zero-order chi connectivity index (χ0) is 12.7. The fourth-order valence-corrected chi connectivity index (χ4v) is 3.15. The lowest BCUT2D eigenvalue weighted by Gasteiger charge is -2.32. The summed E-state index contributed by atoms with van der Waals surface area (Å²) in [5, 5.41) is 3.70. The van der Waals surface area contributed by atoms with Gasteiger partial charge in [-0.25, -0.2) is 0 Å². The van der Waals surface area contributed by atoms with E-state index in [1.54, 1.807) is 0 Å². The van der Waals surface area contributed by atoms with Gasteiger partial charge in [0, 0.05) is 25.7 Å². The van der Waals surface area contributed by atoms with Crippen LogP contribution in [0.5, 0.6) is 0 Å². The van der Waals surface area contributed by atoms with Gasteiger partial charge in [-0.3, -0.25) is 4.90 Å². The van der Waals surface area contributed by atoms with Crippen molar-refractivity contribution in [2.45, 2.75) is 46.8 Å². The first-order valence-corrected chi connectivity index (χ1v) is 6.97. The monoisotopic (exact) mass is 240 g/mol. The molecule has 0 aromatic carbocycles. The minimum absolute atomic E-state index is 0.371. The summed E-state index contributed by atoms with van der Waals surface area (Å²) in [6.07, 6.45) is 0.371. The molecule has 0 bridgehead atoms. The molecule has 17 heavy (non-hydrogen) atoms. The van der Waals surface area contributed by atoms with Gasteiger partial charge in [0.1, 0.15) is 0 Å². The van der Waals surface area contributed by atoms with E-state index in [2.05, 4.69) is 44.8 Å². The first kappa shape index (κ1) is 13.3. The lowest BCUT2D eigenvalue weighted by atomic mass is 10.0. The normalized spacial score (nSPS) is 32.6. The molecule has 2 aliphatic rings. The van der Waals surface area contributed by atoms with Crippen LogP contribution in [0.25, 0.3) is 0 Å². The summed E-state index contributed by atoms with van der Waals surface area (Å²) in [5.74, 6) is 0. The van der Waals surface area contributed by atoms with Gasteiger partial charge >= 0.3 is 0 Å². The second-order valence-corrected chi connectivity index (χ2v) is 6.67. The summed E-state index contributed by atoms with van der Waals surface area (Å²) in [5.41, 5.74) is 0.845. The number of nitrogens with one attached hydrogen (secondary N) is 1. The molecule has 1 unspecified atom stereocenters. The molecule has 0 radical (unpaired) electrons. The molecule has 0 aromatic rings. The molecule has 2 rings (SSSR count). The Labute approximate surface area is 106 Å². The van der Waals surface area contributed by atoms with Gasteiger partial charge in [-0.1, -0.05) is 34.6 Å². The molecule has 1 N–H and O–H groups in total. The number of likely N-dealkylation sites (N-methyl/N-ethyl adjacent to an activating group) is 1. The van der Waals surface area contributed by atoms with Gasteiger partial charge < -0.3 is 10.1 Å². The van der Waals surface area contributed by atoms with Crippen molar-refractivity contribution < 1.29 is 4.74 Å². The van der Waals surface area contributed by atoms with Crippen LogP contribution in [0.3, 0.4) is 0 Å². The van der Waals surface area contributed by atoms with E-state index >= 15 is 0 Å². The Morgan fingerprint density at radius 1 is 1.24 bits per heavy atom. The predicted octanol–water partition coefficient (Wildman–Crippen LogP) is 1.73. The predicted molar refractivity (Wildman–Crippen MR) is 71.2 cm³/mol. The lowest BCUT2D eigenvalue weighted by Crippen LogP contribution is -2.47. The average molecular weight is 240 g/mol. The summed E-state index contributed by atoms with van der Waals surface area (Å²) in [7, 11) is 0. The molecule has 1 saturated heterocycles. The maximum atomic E-state index is 5.82. The molecule has 100 valence electrons. The molecule has 0 aromatic heterocycles. The fraction of sp³-hybridized carbons (Fsp3) is 1.00. The van der Waals surface area contributed by atoms with Crippen molar-refractivity contribution in [1.82, 2.24) is 10.2 Å². The third kappa shape index (κ3) is 2.38. The third-order valence-electron chi connectivity index (χ3n) is 5.24. The largest absolute Gasteiger partial charge is 0.374 e. The number of rotatable bonds is 4. The summed E-state index contributed by atoms with van der Waals surface area (Å²) in [6, 6.07) is 0.635. The molecule has 3 heteroatoms. The van der Waals surface area contributed by atoms with Crippen LogP contribution in [0.15, 0.2) is 0 Å². The van der Waals surface area contributed by atoms with Crippen molar-refractivity contribution in [3.63, 3.8) is 0 Å². The Bertz CT molecular complexity index is 261. The van der Waals surface area contributed by atoms with Crippen molar-refractivity contribution in [2.24, 2.45) is 10.8 Å². The molecule has 0 amide bonds. The summed E-state index contributed by atoms with van der Waals surface area (Å²) >= 11 is 0. The van der Waals surface area contributed by atoms with E-state index in [-0.39, 0.29) is 0 Å². The van der Waals surface area contributed by atoms with Gasteiger partial charge in [-0.05, 0) is 17.4 Å². The summed E-state index contributed by atoms with van der Waals surface area (Å²) < 4.78 is 5.82. The molecular weight excluding hydrogens is 212 g/mol. The Balaban J connectivity index is 1.76. The van der Waals surface area contributed by atoms with Crippen LogP contribution in [0, 0.1) is 10.8 Å². The quantitative estimate of drug-likeness (QED) is 0.810. The molecule has 1 saturated carbocycles. The van der Waals surface area contributed by atoms with Crippen molar-refractivity contribution in [3.8, 4) is 0 Å². The Morgan fingerprint density at radius 2 is 1.88 bits per heavy atom. The molecule has 1 heterocycles. The Morgan fingerprint density at radius 3 is 2.41 bits per heavy atom. The van der Waals surface area contributed by atoms with E-state index in [0.29, 0.717) is 23.0 Å². The van der Waals surface area contributed by atoms with Crippen molar-refractivity contribution in [1.29, 1.82) is 0 Å². The first-order valence-electron chi connectivity index (χ1n) is 6.97. The van der Waals surface area contributed by atoms with Crippen molar-refractivity contribution in [2.75, 3.05) is 32.8 Å². The highest BCUT2D eigenvalue weighted by atomic mass is 16.5. The van der Waals surface area contributed by atoms with Crippen molar-refractivity contribution in [3.05, 3.63) is 0 Å². The SMILES string of the molecule is CCN1CCOC(CNC2C(C)(C)C2(C)C)C1. The van der Waals surface area contributed by atoms with Gasteiger partial charge in [-0.15, -0.1) is 0 Å². The summed E-state index contributed by atoms with van der Waals surface area (Å²) in [6.45, 7) is 16.8. The average Bonchev–Trinajstić information content (AvgIpc) is 2.67. The van der Waals surface area contributed by atoms with Crippen LogP contribution < -0.4 is 5.32 Å². The first-order chi connectivity index (χ1) is 7.89. The summed E-state index contributed by atoms with van der Waals surface area (Å²) in [4.78, 5) is 2.47. The molecule has 1 atom stereocenters. The van der Waals surface area contributed by atoms with E-state index in [4.69, 9.17) is 4.74 Å². The fourth-order valence-electron chi connectivity index (χ4n) is 3.15. The maximum Gasteiger partial charge on any atom is 0.0826 e. The minimum atomic E-state index is 0.371. The maximum absolute atomic E-state index is 5.82. The molecule has 3 nitrogen and oxygen atoms in total. The molecule has 1 aliphatic carbocycles. The highest BCUT2D eigenvalue weighted by molar-refractivity contribution is 5.17. The minimum Gasteiger partial charge on any atom is -0.374 e. The number of nitrogens with zero attached hydrogens (tertiary/aromatic N) is 1. The van der Waals surface area contributed by atoms with Gasteiger partial charge in [0.15, 0.2) is 0 Å². The van der Waals surface area contributed by atoms with Gasteiger partial charge in [-0.2, -0.15) is 0 Å². The molecule has 2 fully saturated rings. The Kier molecular flexibility index (Phi) is 3.54. The van der Waals surface area contributed by atoms with Gasteiger partial charge in [0.25, 0.3) is 0 Å². The van der Waals surface area contributed by atoms with Crippen LogP contribution in [0.4, 0.5) is 0 Å². The standard InChI is InChI=1S/C14H28N2O/c1-6-16-7-8-17-11(10-16)9-15-12-13(2,3)14(12,4)5/h11-12,15H,6-10H2,1-5H3. The van der Waals surface area contributed by atoms with E-state index in [1.165, 1.54) is 0 Å². The van der Waals surface area contributed by atoms with E-state index in [9.17, 15) is 0 Å². The lowest BCUT2D eigenvalue weighted by molar-refractivity contribution is -0.0258. The van der Waals surface area contributed by atoms with Crippen LogP contribution in [0.1, 0.15) is 34.6 Å². The number of hydrogen-bond donors (Lipinski definition) is 1. The van der Waals surface area contributed by atoms with E-state index in [0.717, 1.165) is 32.8 Å². The smallest absolute Gasteiger partial charge is 0.0826 e. The van der Waals surface area contributed by atoms with Crippen molar-refractivity contribution >= 4 is 0 Å². The topological polar surface area (TPSA) is 24.5 Å². The second-order valence-electron chi connectivity index (χ2n) is 6.67. The van der Waals surface area contributed by atoms with Crippen LogP contribution >= 0.6 is 0 Å². The van der Waals surface area contributed by atoms with E-state index < -0.39 is 0 Å². The van der Waals surface area contributed by atoms with Gasteiger partial charge in [0.05, 0.1) is 12.7 Å². The second kappa shape index (κ2) is 4.52. The molecular formula is C14H28N2O. The van der Waals surface area contributed by atoms with E-state index in [1.807, 2.05) is 0 Å². The molecule has 0 spiro atoms. The number of hydrogen-bond acceptors (Lipinski definition) is 3.